The first-order valence-corrected chi connectivity index (χ1v) is 8.09. The van der Waals surface area contributed by atoms with Gasteiger partial charge in [0.2, 0.25) is 0 Å². The molecule has 128 valence electrons. The van der Waals surface area contributed by atoms with Gasteiger partial charge in [-0.25, -0.2) is 9.48 Å². The fraction of sp³-hybridized carbons (Fsp3) is 0.500. The van der Waals surface area contributed by atoms with E-state index in [1.54, 1.807) is 0 Å². The van der Waals surface area contributed by atoms with Gasteiger partial charge in [0.1, 0.15) is 0 Å². The van der Waals surface area contributed by atoms with Crippen LogP contribution in [0.5, 0.6) is 0 Å². The average molecular weight is 329 g/mol. The van der Waals surface area contributed by atoms with Crippen LogP contribution in [-0.4, -0.2) is 40.3 Å². The molecule has 2 amide bonds. The van der Waals surface area contributed by atoms with Crippen molar-refractivity contribution in [2.24, 2.45) is 0 Å². The van der Waals surface area contributed by atoms with Gasteiger partial charge in [0.15, 0.2) is 5.82 Å². The molecule has 24 heavy (non-hydrogen) atoms. The van der Waals surface area contributed by atoms with Crippen molar-refractivity contribution in [1.29, 1.82) is 0 Å². The van der Waals surface area contributed by atoms with Crippen LogP contribution in [-0.2, 0) is 0 Å². The number of nitrogens with one attached hydrogen (secondary N) is 2. The molecule has 0 saturated heterocycles. The Labute approximate surface area is 141 Å². The predicted octanol–water partition coefficient (Wildman–Crippen LogP) is 2.27. The van der Waals surface area contributed by atoms with Gasteiger partial charge < -0.3 is 15.5 Å². The van der Waals surface area contributed by atoms with Gasteiger partial charge >= 0.3 is 6.03 Å². The summed E-state index contributed by atoms with van der Waals surface area (Å²) in [5.74, 6) is 0.686. The van der Waals surface area contributed by atoms with E-state index >= 15 is 0 Å². The lowest BCUT2D eigenvalue weighted by Crippen LogP contribution is -2.33. The smallest absolute Gasteiger partial charge is 0.319 e. The fourth-order valence-electron chi connectivity index (χ4n) is 2.73. The van der Waals surface area contributed by atoms with Gasteiger partial charge in [0.25, 0.3) is 0 Å². The van der Waals surface area contributed by atoms with E-state index in [0.29, 0.717) is 11.9 Å². The molecule has 3 rings (SSSR count). The molecule has 1 aromatic carbocycles. The summed E-state index contributed by atoms with van der Waals surface area (Å²) in [5, 5.41) is 17.6. The van der Waals surface area contributed by atoms with Crippen LogP contribution in [0, 0.1) is 6.92 Å². The van der Waals surface area contributed by atoms with Gasteiger partial charge in [0, 0.05) is 25.5 Å². The first-order chi connectivity index (χ1) is 11.5. The molecule has 0 bridgehead atoms. The van der Waals surface area contributed by atoms with E-state index in [9.17, 15) is 4.79 Å². The molecule has 1 atom stereocenters. The zero-order valence-corrected chi connectivity index (χ0v) is 14.4. The van der Waals surface area contributed by atoms with Crippen molar-refractivity contribution in [3.63, 3.8) is 0 Å². The number of anilines is 2. The first-order valence-electron chi connectivity index (χ1n) is 8.09. The quantitative estimate of drug-likeness (QED) is 0.878. The zero-order chi connectivity index (χ0) is 17.3. The number of aromatic nitrogens is 4. The molecule has 1 aliphatic carbocycles. The number of amides is 2. The molecule has 2 aromatic rings. The maximum atomic E-state index is 12.3. The number of benzene rings is 1. The second-order valence-electron chi connectivity index (χ2n) is 6.38. The third kappa shape index (κ3) is 3.32. The van der Waals surface area contributed by atoms with E-state index < -0.39 is 0 Å². The summed E-state index contributed by atoms with van der Waals surface area (Å²) in [4.78, 5) is 14.4. The topological polar surface area (TPSA) is 88.0 Å². The maximum absolute atomic E-state index is 12.3. The summed E-state index contributed by atoms with van der Waals surface area (Å²) in [6.07, 6.45) is 2.18. The van der Waals surface area contributed by atoms with Crippen LogP contribution in [0.3, 0.4) is 0 Å². The summed E-state index contributed by atoms with van der Waals surface area (Å²) in [5.41, 5.74) is 2.87. The molecule has 8 heteroatoms. The molecule has 1 aliphatic rings. The Morgan fingerprint density at radius 2 is 2.12 bits per heavy atom. The molecule has 8 nitrogen and oxygen atoms in total. The maximum Gasteiger partial charge on any atom is 0.319 e. The molecular formula is C16H23N7O. The number of urea groups is 1. The largest absolute Gasteiger partial charge is 0.377 e. The summed E-state index contributed by atoms with van der Waals surface area (Å²) >= 11 is 0. The predicted molar refractivity (Wildman–Crippen MR) is 92.2 cm³/mol. The van der Waals surface area contributed by atoms with Crippen LogP contribution >= 0.6 is 0 Å². The Kier molecular flexibility index (Phi) is 4.37. The zero-order valence-electron chi connectivity index (χ0n) is 14.4. The second-order valence-corrected chi connectivity index (χ2v) is 6.38. The van der Waals surface area contributed by atoms with Crippen molar-refractivity contribution in [3.05, 3.63) is 29.6 Å². The van der Waals surface area contributed by atoms with Gasteiger partial charge in [-0.05, 0) is 54.8 Å². The summed E-state index contributed by atoms with van der Waals surface area (Å²) in [7, 11) is 3.96. The van der Waals surface area contributed by atoms with E-state index in [-0.39, 0.29) is 12.1 Å². The van der Waals surface area contributed by atoms with Crippen LogP contribution in [0.4, 0.5) is 16.2 Å². The number of tetrazole rings is 1. The van der Waals surface area contributed by atoms with Crippen LogP contribution in [0.15, 0.2) is 18.2 Å². The lowest BCUT2D eigenvalue weighted by atomic mass is 10.1. The van der Waals surface area contributed by atoms with Gasteiger partial charge in [-0.2, -0.15) is 0 Å². The molecular weight excluding hydrogens is 306 g/mol. The summed E-state index contributed by atoms with van der Waals surface area (Å²) < 4.78 is 1.81. The fourth-order valence-corrected chi connectivity index (χ4v) is 2.73. The molecule has 0 spiro atoms. The molecule has 1 saturated carbocycles. The van der Waals surface area contributed by atoms with Gasteiger partial charge in [-0.3, -0.25) is 0 Å². The molecule has 0 unspecified atom stereocenters. The van der Waals surface area contributed by atoms with Crippen LogP contribution in [0.1, 0.15) is 43.2 Å². The Bertz CT molecular complexity index is 736. The number of rotatable bonds is 5. The molecule has 0 radical (unpaired) electrons. The van der Waals surface area contributed by atoms with Gasteiger partial charge in [0.05, 0.1) is 12.1 Å². The van der Waals surface area contributed by atoms with E-state index in [2.05, 4.69) is 26.2 Å². The van der Waals surface area contributed by atoms with E-state index in [1.807, 2.05) is 55.7 Å². The standard InChI is InChI=1S/C16H23N7O/c1-10-13(6-5-7-14(10)22(3)4)18-16(24)17-11(2)15-19-20-21-23(15)12-8-9-12/h5-7,11-12H,8-9H2,1-4H3,(H2,17,18,24)/t11-/m0/s1. The van der Waals surface area contributed by atoms with Gasteiger partial charge in [-0.1, -0.05) is 6.07 Å². The first kappa shape index (κ1) is 16.2. The Balaban J connectivity index is 1.67. The lowest BCUT2D eigenvalue weighted by Gasteiger charge is -2.19. The number of nitrogens with zero attached hydrogens (tertiary/aromatic N) is 5. The third-order valence-corrected chi connectivity index (χ3v) is 4.18. The second kappa shape index (κ2) is 6.46. The van der Waals surface area contributed by atoms with E-state index in [4.69, 9.17) is 0 Å². The number of hydrogen-bond donors (Lipinski definition) is 2. The number of carbonyl (C=O) groups excluding carboxylic acids is 1. The number of carbonyl (C=O) groups is 1. The normalized spacial score (nSPS) is 15.0. The Hall–Kier alpha value is -2.64. The molecule has 0 aliphatic heterocycles. The van der Waals surface area contributed by atoms with Crippen molar-refractivity contribution in [3.8, 4) is 0 Å². The Morgan fingerprint density at radius 1 is 1.38 bits per heavy atom. The van der Waals surface area contributed by atoms with E-state index in [1.165, 1.54) is 0 Å². The minimum absolute atomic E-state index is 0.266. The highest BCUT2D eigenvalue weighted by Crippen LogP contribution is 2.35. The van der Waals surface area contributed by atoms with Gasteiger partial charge in [-0.15, -0.1) is 5.10 Å². The molecule has 1 heterocycles. The minimum atomic E-state index is -0.271. The van der Waals surface area contributed by atoms with Crippen molar-refractivity contribution in [1.82, 2.24) is 25.5 Å². The Morgan fingerprint density at radius 3 is 2.79 bits per heavy atom. The monoisotopic (exact) mass is 329 g/mol. The van der Waals surface area contributed by atoms with Crippen LogP contribution < -0.4 is 15.5 Å². The highest BCUT2D eigenvalue weighted by Gasteiger charge is 2.29. The third-order valence-electron chi connectivity index (χ3n) is 4.18. The summed E-state index contributed by atoms with van der Waals surface area (Å²) in [6, 6.07) is 5.67. The van der Waals surface area contributed by atoms with Crippen molar-refractivity contribution in [2.75, 3.05) is 24.3 Å². The average Bonchev–Trinajstić information content (AvgIpc) is 3.25. The highest BCUT2D eigenvalue weighted by molar-refractivity contribution is 5.91. The van der Waals surface area contributed by atoms with Crippen LogP contribution in [0.25, 0.3) is 0 Å². The summed E-state index contributed by atoms with van der Waals surface area (Å²) in [6.45, 7) is 3.87. The van der Waals surface area contributed by atoms with Crippen molar-refractivity contribution >= 4 is 17.4 Å². The lowest BCUT2D eigenvalue weighted by molar-refractivity contribution is 0.248. The number of hydrogen-bond acceptors (Lipinski definition) is 5. The highest BCUT2D eigenvalue weighted by atomic mass is 16.2. The molecule has 2 N–H and O–H groups in total. The van der Waals surface area contributed by atoms with E-state index in [0.717, 1.165) is 29.8 Å². The minimum Gasteiger partial charge on any atom is -0.377 e. The van der Waals surface area contributed by atoms with Crippen molar-refractivity contribution in [2.45, 2.75) is 38.8 Å². The molecule has 1 aromatic heterocycles. The van der Waals surface area contributed by atoms with Crippen molar-refractivity contribution < 1.29 is 4.79 Å². The van der Waals surface area contributed by atoms with Crippen LogP contribution in [0.2, 0.25) is 0 Å². The molecule has 1 fully saturated rings. The SMILES string of the molecule is Cc1c(NC(=O)N[C@@H](C)c2nnnn2C2CC2)cccc1N(C)C.